The van der Waals surface area contributed by atoms with Crippen LogP contribution in [-0.4, -0.2) is 38.3 Å². The van der Waals surface area contributed by atoms with Gasteiger partial charge in [-0.15, -0.1) is 0 Å². The molecule has 0 aliphatic heterocycles. The van der Waals surface area contributed by atoms with Crippen molar-refractivity contribution in [1.29, 1.82) is 0 Å². The Morgan fingerprint density at radius 1 is 1.03 bits per heavy atom. The summed E-state index contributed by atoms with van der Waals surface area (Å²) >= 11 is 13.4. The summed E-state index contributed by atoms with van der Waals surface area (Å²) in [5.74, 6) is -0.490. The van der Waals surface area contributed by atoms with Crippen LogP contribution in [0.2, 0.25) is 9.36 Å². The second kappa shape index (κ2) is 10.4. The summed E-state index contributed by atoms with van der Waals surface area (Å²) in [6.07, 6.45) is 8.86. The molecule has 0 spiro atoms. The number of carbonyl (C=O) groups excluding carboxylic acids is 2. The second-order valence-corrected chi connectivity index (χ2v) is 10.4. The summed E-state index contributed by atoms with van der Waals surface area (Å²) in [5, 5.41) is 13.1. The van der Waals surface area contributed by atoms with Crippen molar-refractivity contribution in [2.75, 3.05) is 0 Å². The number of carbonyl (C=O) groups is 2. The number of amides is 2. The lowest BCUT2D eigenvalue weighted by molar-refractivity contribution is -0.127. The molecule has 2 N–H and O–H groups in total. The fourth-order valence-corrected chi connectivity index (χ4v) is 5.80. The maximum absolute atomic E-state index is 13.7. The molecule has 4 rings (SSSR count). The van der Waals surface area contributed by atoms with Gasteiger partial charge in [-0.25, -0.2) is 0 Å². The molecule has 1 aromatic heterocycles. The summed E-state index contributed by atoms with van der Waals surface area (Å²) in [6, 6.07) is 5.64. The predicted octanol–water partition coefficient (Wildman–Crippen LogP) is 5.73. The number of hydrogen-bond acceptors (Lipinski definition) is 5. The van der Waals surface area contributed by atoms with Gasteiger partial charge in [0.05, 0.1) is 0 Å². The molecule has 32 heavy (non-hydrogen) atoms. The van der Waals surface area contributed by atoms with Gasteiger partial charge in [-0.3, -0.25) is 9.59 Å². The van der Waals surface area contributed by atoms with Gasteiger partial charge in [-0.1, -0.05) is 67.4 Å². The summed E-state index contributed by atoms with van der Waals surface area (Å²) in [4.78, 5) is 29.1. The van der Waals surface area contributed by atoms with Gasteiger partial charge in [-0.2, -0.15) is 4.37 Å². The van der Waals surface area contributed by atoms with E-state index in [0.717, 1.165) is 62.9 Å². The molecular formula is C23H27Cl2N3O3S. The molecule has 0 radical (unpaired) electrons. The van der Waals surface area contributed by atoms with Crippen molar-refractivity contribution in [3.63, 3.8) is 0 Å². The zero-order valence-electron chi connectivity index (χ0n) is 17.7. The molecule has 2 fully saturated rings. The molecule has 2 aliphatic rings. The molecule has 1 aromatic carbocycles. The molecule has 2 aromatic rings. The normalized spacial score (nSPS) is 18.4. The molecule has 2 saturated carbocycles. The number of aromatic hydroxyl groups is 1. The lowest BCUT2D eigenvalue weighted by atomic mass is 9.94. The van der Waals surface area contributed by atoms with Crippen LogP contribution in [0, 0.1) is 0 Å². The third kappa shape index (κ3) is 5.05. The smallest absolute Gasteiger partial charge is 0.276 e. The number of hydrogen-bond donors (Lipinski definition) is 2. The van der Waals surface area contributed by atoms with Crippen molar-refractivity contribution >= 4 is 46.5 Å². The van der Waals surface area contributed by atoms with Crippen molar-refractivity contribution in [1.82, 2.24) is 14.6 Å². The molecular weight excluding hydrogens is 469 g/mol. The number of phenolic OH excluding ortho intramolecular Hbond substituents is 1. The predicted molar refractivity (Wildman–Crippen MR) is 126 cm³/mol. The first kappa shape index (κ1) is 23.3. The van der Waals surface area contributed by atoms with Crippen LogP contribution < -0.4 is 5.32 Å². The first-order chi connectivity index (χ1) is 15.5. The molecule has 0 bridgehead atoms. The zero-order chi connectivity index (χ0) is 22.7. The van der Waals surface area contributed by atoms with Crippen LogP contribution in [0.15, 0.2) is 24.3 Å². The average Bonchev–Trinajstić information content (AvgIpc) is 3.43. The molecule has 2 amide bonds. The SMILES string of the molecule is O=C(NC1CCCCC1)[C@H](c1ccc(O)cc1)N(C(=O)c1nsc(Cl)c1Cl)C1CCCC1. The van der Waals surface area contributed by atoms with E-state index < -0.39 is 6.04 Å². The number of benzene rings is 1. The first-order valence-electron chi connectivity index (χ1n) is 11.2. The quantitative estimate of drug-likeness (QED) is 0.535. The molecule has 172 valence electrons. The van der Waals surface area contributed by atoms with E-state index in [4.69, 9.17) is 23.2 Å². The van der Waals surface area contributed by atoms with Gasteiger partial charge in [0.15, 0.2) is 5.69 Å². The molecule has 1 heterocycles. The van der Waals surface area contributed by atoms with Gasteiger partial charge < -0.3 is 15.3 Å². The van der Waals surface area contributed by atoms with Gasteiger partial charge in [-0.05, 0) is 54.9 Å². The number of aromatic nitrogens is 1. The van der Waals surface area contributed by atoms with E-state index in [0.29, 0.717) is 5.56 Å². The van der Waals surface area contributed by atoms with Crippen LogP contribution in [0.5, 0.6) is 5.75 Å². The minimum atomic E-state index is -0.843. The van der Waals surface area contributed by atoms with Gasteiger partial charge in [0.25, 0.3) is 5.91 Å². The van der Waals surface area contributed by atoms with Crippen molar-refractivity contribution in [3.05, 3.63) is 44.9 Å². The van der Waals surface area contributed by atoms with E-state index in [1.54, 1.807) is 29.2 Å². The molecule has 9 heteroatoms. The topological polar surface area (TPSA) is 82.5 Å². The van der Waals surface area contributed by atoms with Crippen LogP contribution in [0.3, 0.4) is 0 Å². The lowest BCUT2D eigenvalue weighted by Gasteiger charge is -2.37. The minimum absolute atomic E-state index is 0.0859. The van der Waals surface area contributed by atoms with Crippen molar-refractivity contribution < 1.29 is 14.7 Å². The molecule has 2 aliphatic carbocycles. The highest BCUT2D eigenvalue weighted by Gasteiger charge is 2.40. The lowest BCUT2D eigenvalue weighted by Crippen LogP contribution is -2.50. The van der Waals surface area contributed by atoms with Gasteiger partial charge in [0.1, 0.15) is 21.2 Å². The monoisotopic (exact) mass is 495 g/mol. The fraction of sp³-hybridized carbons (Fsp3) is 0.522. The van der Waals surface area contributed by atoms with E-state index >= 15 is 0 Å². The third-order valence-electron chi connectivity index (χ3n) is 6.44. The summed E-state index contributed by atoms with van der Waals surface area (Å²) < 4.78 is 4.45. The van der Waals surface area contributed by atoms with E-state index in [2.05, 4.69) is 9.69 Å². The Labute approximate surface area is 202 Å². The Kier molecular flexibility index (Phi) is 7.59. The highest BCUT2D eigenvalue weighted by molar-refractivity contribution is 7.11. The molecule has 0 saturated heterocycles. The van der Waals surface area contributed by atoms with Crippen molar-refractivity contribution in [3.8, 4) is 5.75 Å². The Hall–Kier alpha value is -1.83. The van der Waals surface area contributed by atoms with E-state index in [1.807, 2.05) is 0 Å². The summed E-state index contributed by atoms with van der Waals surface area (Å²) in [6.45, 7) is 0. The number of phenols is 1. The van der Waals surface area contributed by atoms with Crippen molar-refractivity contribution in [2.45, 2.75) is 75.9 Å². The first-order valence-corrected chi connectivity index (χ1v) is 12.7. The zero-order valence-corrected chi connectivity index (χ0v) is 20.1. The Morgan fingerprint density at radius 3 is 2.25 bits per heavy atom. The number of rotatable bonds is 6. The standard InChI is InChI=1S/C23H27Cl2N3O3S/c24-18-19(27-32-21(18)25)23(31)28(16-8-4-5-9-16)20(14-10-12-17(29)13-11-14)22(30)26-15-6-2-1-3-7-15/h10-13,15-16,20,29H,1-9H2,(H,26,30)/t20-/m0/s1. The van der Waals surface area contributed by atoms with Crippen molar-refractivity contribution in [2.24, 2.45) is 0 Å². The Balaban J connectivity index is 1.73. The molecule has 0 unspecified atom stereocenters. The Bertz CT molecular complexity index is 954. The van der Waals surface area contributed by atoms with E-state index in [-0.39, 0.29) is 44.7 Å². The molecule has 1 atom stereocenters. The highest BCUT2D eigenvalue weighted by Crippen LogP contribution is 2.37. The van der Waals surface area contributed by atoms with Crippen LogP contribution in [0.4, 0.5) is 0 Å². The molecule has 6 nitrogen and oxygen atoms in total. The number of halogens is 2. The summed E-state index contributed by atoms with van der Waals surface area (Å²) in [7, 11) is 0. The maximum atomic E-state index is 13.7. The largest absolute Gasteiger partial charge is 0.508 e. The fourth-order valence-electron chi connectivity index (χ4n) is 4.81. The van der Waals surface area contributed by atoms with Crippen LogP contribution >= 0.6 is 34.7 Å². The van der Waals surface area contributed by atoms with Gasteiger partial charge in [0, 0.05) is 12.1 Å². The van der Waals surface area contributed by atoms with Gasteiger partial charge >= 0.3 is 0 Å². The van der Waals surface area contributed by atoms with Crippen LogP contribution in [0.1, 0.15) is 79.9 Å². The van der Waals surface area contributed by atoms with Crippen LogP contribution in [-0.2, 0) is 4.79 Å². The Morgan fingerprint density at radius 2 is 1.66 bits per heavy atom. The highest BCUT2D eigenvalue weighted by atomic mass is 35.5. The van der Waals surface area contributed by atoms with E-state index in [1.165, 1.54) is 6.42 Å². The number of nitrogens with one attached hydrogen (secondary N) is 1. The van der Waals surface area contributed by atoms with Crippen LogP contribution in [0.25, 0.3) is 0 Å². The number of nitrogens with zero attached hydrogens (tertiary/aromatic N) is 2. The van der Waals surface area contributed by atoms with E-state index in [9.17, 15) is 14.7 Å². The summed E-state index contributed by atoms with van der Waals surface area (Å²) in [5.41, 5.74) is 0.733. The third-order valence-corrected chi connectivity index (χ3v) is 8.05. The van der Waals surface area contributed by atoms with Gasteiger partial charge in [0.2, 0.25) is 5.91 Å². The minimum Gasteiger partial charge on any atom is -0.508 e. The second-order valence-electron chi connectivity index (χ2n) is 8.61. The maximum Gasteiger partial charge on any atom is 0.276 e. The average molecular weight is 496 g/mol.